The molecule has 2 rings (SSSR count). The van der Waals surface area contributed by atoms with Crippen LogP contribution in [0.5, 0.6) is 0 Å². The Hall–Kier alpha value is -1.30. The first kappa shape index (κ1) is 13.1. The van der Waals surface area contributed by atoms with Crippen molar-refractivity contribution in [2.75, 3.05) is 6.54 Å². The molecule has 0 bridgehead atoms. The van der Waals surface area contributed by atoms with Crippen LogP contribution in [0.25, 0.3) is 0 Å². The molecule has 1 aromatic heterocycles. The standard InChI is InChI=1S/C13H17N3OS/c1-9-3-5-11(6-4-9)12(17)7-14-8-13-16-15-10(2)18-13/h3-6,12,14,17H,7-8H2,1-2H3/t12-/m0/s1. The van der Waals surface area contributed by atoms with Crippen LogP contribution >= 0.6 is 11.3 Å². The van der Waals surface area contributed by atoms with Crippen LogP contribution in [0.2, 0.25) is 0 Å². The van der Waals surface area contributed by atoms with E-state index in [0.717, 1.165) is 15.6 Å². The maximum absolute atomic E-state index is 10.00. The van der Waals surface area contributed by atoms with Gasteiger partial charge in [-0.25, -0.2) is 0 Å². The van der Waals surface area contributed by atoms with Crippen molar-refractivity contribution in [1.29, 1.82) is 0 Å². The molecule has 0 unspecified atom stereocenters. The van der Waals surface area contributed by atoms with E-state index in [1.165, 1.54) is 5.56 Å². The smallest absolute Gasteiger partial charge is 0.131 e. The third kappa shape index (κ3) is 3.60. The fraction of sp³-hybridized carbons (Fsp3) is 0.385. The highest BCUT2D eigenvalue weighted by molar-refractivity contribution is 7.11. The molecule has 5 heteroatoms. The van der Waals surface area contributed by atoms with Gasteiger partial charge in [0, 0.05) is 13.1 Å². The van der Waals surface area contributed by atoms with E-state index in [1.807, 2.05) is 38.1 Å². The summed E-state index contributed by atoms with van der Waals surface area (Å²) in [5, 5.41) is 23.1. The number of nitrogens with one attached hydrogen (secondary N) is 1. The molecule has 1 aromatic carbocycles. The van der Waals surface area contributed by atoms with Gasteiger partial charge in [0.2, 0.25) is 0 Å². The molecule has 0 aliphatic rings. The average molecular weight is 263 g/mol. The minimum atomic E-state index is -0.486. The van der Waals surface area contributed by atoms with Crippen LogP contribution < -0.4 is 5.32 Å². The molecular formula is C13H17N3OS. The molecule has 1 atom stereocenters. The maximum Gasteiger partial charge on any atom is 0.131 e. The Bertz CT molecular complexity index is 495. The van der Waals surface area contributed by atoms with Gasteiger partial charge in [-0.1, -0.05) is 29.8 Å². The highest BCUT2D eigenvalue weighted by Crippen LogP contribution is 2.13. The van der Waals surface area contributed by atoms with E-state index < -0.39 is 6.10 Å². The van der Waals surface area contributed by atoms with E-state index >= 15 is 0 Å². The van der Waals surface area contributed by atoms with Crippen LogP contribution in [-0.4, -0.2) is 21.8 Å². The first-order valence-corrected chi connectivity index (χ1v) is 6.71. The minimum absolute atomic E-state index is 0.486. The molecule has 0 saturated carbocycles. The normalized spacial score (nSPS) is 12.6. The van der Waals surface area contributed by atoms with Gasteiger partial charge in [-0.05, 0) is 19.4 Å². The van der Waals surface area contributed by atoms with Crippen molar-refractivity contribution in [2.45, 2.75) is 26.5 Å². The molecule has 0 spiro atoms. The molecule has 2 N–H and O–H groups in total. The van der Waals surface area contributed by atoms with E-state index in [2.05, 4.69) is 15.5 Å². The zero-order chi connectivity index (χ0) is 13.0. The summed E-state index contributed by atoms with van der Waals surface area (Å²) in [4.78, 5) is 0. The lowest BCUT2D eigenvalue weighted by molar-refractivity contribution is 0.174. The number of rotatable bonds is 5. The number of nitrogens with zero attached hydrogens (tertiary/aromatic N) is 2. The summed E-state index contributed by atoms with van der Waals surface area (Å²) in [7, 11) is 0. The third-order valence-electron chi connectivity index (χ3n) is 2.64. The first-order valence-electron chi connectivity index (χ1n) is 5.89. The van der Waals surface area contributed by atoms with Gasteiger partial charge in [0.15, 0.2) is 0 Å². The zero-order valence-corrected chi connectivity index (χ0v) is 11.4. The molecule has 18 heavy (non-hydrogen) atoms. The van der Waals surface area contributed by atoms with Crippen LogP contribution in [0.3, 0.4) is 0 Å². The molecule has 0 saturated heterocycles. The van der Waals surface area contributed by atoms with E-state index in [-0.39, 0.29) is 0 Å². The number of aromatic nitrogens is 2. The Morgan fingerprint density at radius 3 is 2.56 bits per heavy atom. The SMILES string of the molecule is Cc1ccc([C@@H](O)CNCc2nnc(C)s2)cc1. The minimum Gasteiger partial charge on any atom is -0.387 e. The molecule has 0 fully saturated rings. The first-order chi connectivity index (χ1) is 8.65. The van der Waals surface area contributed by atoms with Gasteiger partial charge in [0.25, 0.3) is 0 Å². The highest BCUT2D eigenvalue weighted by Gasteiger charge is 2.07. The summed E-state index contributed by atoms with van der Waals surface area (Å²) in [6, 6.07) is 7.92. The number of aliphatic hydroxyl groups is 1. The second kappa shape index (κ2) is 6.04. The monoisotopic (exact) mass is 263 g/mol. The van der Waals surface area contributed by atoms with Crippen LogP contribution in [0, 0.1) is 13.8 Å². The van der Waals surface area contributed by atoms with Crippen LogP contribution in [0.15, 0.2) is 24.3 Å². The van der Waals surface area contributed by atoms with Crippen molar-refractivity contribution >= 4 is 11.3 Å². The Kier molecular flexibility index (Phi) is 4.41. The van der Waals surface area contributed by atoms with Gasteiger partial charge in [0.05, 0.1) is 6.10 Å². The van der Waals surface area contributed by atoms with Crippen molar-refractivity contribution in [3.05, 3.63) is 45.4 Å². The molecule has 4 nitrogen and oxygen atoms in total. The molecular weight excluding hydrogens is 246 g/mol. The molecule has 96 valence electrons. The fourth-order valence-electron chi connectivity index (χ4n) is 1.63. The zero-order valence-electron chi connectivity index (χ0n) is 10.6. The predicted molar refractivity (Wildman–Crippen MR) is 72.5 cm³/mol. The summed E-state index contributed by atoms with van der Waals surface area (Å²) in [6.45, 7) is 5.13. The Balaban J connectivity index is 1.81. The molecule has 0 aliphatic heterocycles. The van der Waals surface area contributed by atoms with E-state index in [1.54, 1.807) is 11.3 Å². The van der Waals surface area contributed by atoms with Gasteiger partial charge in [-0.3, -0.25) is 0 Å². The summed E-state index contributed by atoms with van der Waals surface area (Å²) >= 11 is 1.57. The van der Waals surface area contributed by atoms with E-state index in [0.29, 0.717) is 13.1 Å². The predicted octanol–water partition coefficient (Wildman–Crippen LogP) is 1.98. The molecule has 0 amide bonds. The van der Waals surface area contributed by atoms with Gasteiger partial charge in [-0.2, -0.15) is 0 Å². The quantitative estimate of drug-likeness (QED) is 0.866. The topological polar surface area (TPSA) is 58.0 Å². The number of hydrogen-bond acceptors (Lipinski definition) is 5. The Labute approximate surface area is 111 Å². The second-order valence-electron chi connectivity index (χ2n) is 4.27. The summed E-state index contributed by atoms with van der Waals surface area (Å²) in [5.74, 6) is 0. The van der Waals surface area contributed by atoms with E-state index in [9.17, 15) is 5.11 Å². The largest absolute Gasteiger partial charge is 0.387 e. The van der Waals surface area contributed by atoms with Gasteiger partial charge < -0.3 is 10.4 Å². The van der Waals surface area contributed by atoms with Crippen molar-refractivity contribution < 1.29 is 5.11 Å². The molecule has 0 aliphatic carbocycles. The number of hydrogen-bond donors (Lipinski definition) is 2. The van der Waals surface area contributed by atoms with Crippen LogP contribution in [0.1, 0.15) is 27.2 Å². The van der Waals surface area contributed by atoms with Crippen molar-refractivity contribution in [3.8, 4) is 0 Å². The number of benzene rings is 1. The second-order valence-corrected chi connectivity index (χ2v) is 5.54. The Morgan fingerprint density at radius 1 is 1.22 bits per heavy atom. The number of aryl methyl sites for hydroxylation is 2. The third-order valence-corrected chi connectivity index (χ3v) is 3.48. The summed E-state index contributed by atoms with van der Waals surface area (Å²) in [6.07, 6.45) is -0.486. The van der Waals surface area contributed by atoms with Crippen LogP contribution in [0.4, 0.5) is 0 Å². The van der Waals surface area contributed by atoms with Gasteiger partial charge in [0.1, 0.15) is 10.0 Å². The van der Waals surface area contributed by atoms with E-state index in [4.69, 9.17) is 0 Å². The molecule has 0 radical (unpaired) electrons. The molecule has 1 heterocycles. The van der Waals surface area contributed by atoms with Crippen molar-refractivity contribution in [3.63, 3.8) is 0 Å². The highest BCUT2D eigenvalue weighted by atomic mass is 32.1. The van der Waals surface area contributed by atoms with Gasteiger partial charge in [-0.15, -0.1) is 21.5 Å². The lowest BCUT2D eigenvalue weighted by Crippen LogP contribution is -2.21. The Morgan fingerprint density at radius 2 is 1.94 bits per heavy atom. The van der Waals surface area contributed by atoms with Crippen molar-refractivity contribution in [2.24, 2.45) is 0 Å². The summed E-state index contributed by atoms with van der Waals surface area (Å²) in [5.41, 5.74) is 2.13. The average Bonchev–Trinajstić information content (AvgIpc) is 2.76. The van der Waals surface area contributed by atoms with Gasteiger partial charge >= 0.3 is 0 Å². The number of aliphatic hydroxyl groups excluding tert-OH is 1. The lowest BCUT2D eigenvalue weighted by Gasteiger charge is -2.11. The molecule has 2 aromatic rings. The van der Waals surface area contributed by atoms with Crippen molar-refractivity contribution in [1.82, 2.24) is 15.5 Å². The maximum atomic E-state index is 10.00. The fourth-order valence-corrected chi connectivity index (χ4v) is 2.31. The lowest BCUT2D eigenvalue weighted by atomic mass is 10.1. The summed E-state index contributed by atoms with van der Waals surface area (Å²) < 4.78 is 0. The van der Waals surface area contributed by atoms with Crippen LogP contribution in [-0.2, 0) is 6.54 Å².